The van der Waals surface area contributed by atoms with Gasteiger partial charge in [-0.2, -0.15) is 0 Å². The molecule has 1 aromatic heterocycles. The van der Waals surface area contributed by atoms with Gasteiger partial charge in [0.15, 0.2) is 0 Å². The zero-order valence-electron chi connectivity index (χ0n) is 7.98. The van der Waals surface area contributed by atoms with Gasteiger partial charge in [-0.3, -0.25) is 0 Å². The number of aliphatic hydroxyl groups excluding tert-OH is 1. The van der Waals surface area contributed by atoms with Crippen molar-refractivity contribution < 1.29 is 5.11 Å². The Morgan fingerprint density at radius 3 is 2.62 bits per heavy atom. The summed E-state index contributed by atoms with van der Waals surface area (Å²) in [5.41, 5.74) is 0.818. The quantitative estimate of drug-likeness (QED) is 0.706. The fourth-order valence-electron chi connectivity index (χ4n) is 1.24. The second kappa shape index (κ2) is 5.65. The molecule has 3 nitrogen and oxygen atoms in total. The van der Waals surface area contributed by atoms with Gasteiger partial charge in [-0.25, -0.2) is 9.97 Å². The lowest BCUT2D eigenvalue weighted by Gasteiger charge is -2.08. The van der Waals surface area contributed by atoms with Crippen LogP contribution in [0.2, 0.25) is 0 Å². The molecule has 1 unspecified atom stereocenters. The van der Waals surface area contributed by atoms with Gasteiger partial charge >= 0.3 is 0 Å². The first-order valence-corrected chi connectivity index (χ1v) is 4.77. The standard InChI is InChI=1S/C10H16N2O/c1-2-3-4-5-10(13)9-6-11-8-12-7-9/h6-8,10,13H,2-5H2,1H3. The third-order valence-corrected chi connectivity index (χ3v) is 2.05. The largest absolute Gasteiger partial charge is 0.388 e. The summed E-state index contributed by atoms with van der Waals surface area (Å²) in [5.74, 6) is 0. The summed E-state index contributed by atoms with van der Waals surface area (Å²) in [5, 5.41) is 9.67. The van der Waals surface area contributed by atoms with E-state index < -0.39 is 6.10 Å². The molecule has 0 aromatic carbocycles. The molecule has 0 radical (unpaired) electrons. The van der Waals surface area contributed by atoms with E-state index in [9.17, 15) is 5.11 Å². The first kappa shape index (κ1) is 10.1. The van der Waals surface area contributed by atoms with Crippen molar-refractivity contribution in [3.05, 3.63) is 24.3 Å². The number of hydrogen-bond donors (Lipinski definition) is 1. The van der Waals surface area contributed by atoms with Crippen LogP contribution in [0.3, 0.4) is 0 Å². The monoisotopic (exact) mass is 180 g/mol. The predicted octanol–water partition coefficient (Wildman–Crippen LogP) is 2.09. The van der Waals surface area contributed by atoms with Crippen LogP contribution < -0.4 is 0 Å². The van der Waals surface area contributed by atoms with E-state index in [1.165, 1.54) is 19.2 Å². The van der Waals surface area contributed by atoms with Crippen molar-refractivity contribution in [2.45, 2.75) is 38.7 Å². The van der Waals surface area contributed by atoms with E-state index in [0.717, 1.165) is 18.4 Å². The lowest BCUT2D eigenvalue weighted by Crippen LogP contribution is -1.98. The second-order valence-corrected chi connectivity index (χ2v) is 3.18. The third kappa shape index (κ3) is 3.51. The van der Waals surface area contributed by atoms with Gasteiger partial charge in [-0.15, -0.1) is 0 Å². The lowest BCUT2D eigenvalue weighted by atomic mass is 10.1. The van der Waals surface area contributed by atoms with Crippen LogP contribution in [0.5, 0.6) is 0 Å². The highest BCUT2D eigenvalue weighted by Gasteiger charge is 2.06. The van der Waals surface area contributed by atoms with Crippen LogP contribution in [0.25, 0.3) is 0 Å². The van der Waals surface area contributed by atoms with Crippen molar-refractivity contribution in [2.75, 3.05) is 0 Å². The van der Waals surface area contributed by atoms with Crippen LogP contribution in [0.1, 0.15) is 44.3 Å². The topological polar surface area (TPSA) is 46.0 Å². The molecule has 1 aromatic rings. The summed E-state index contributed by atoms with van der Waals surface area (Å²) >= 11 is 0. The van der Waals surface area contributed by atoms with E-state index in [0.29, 0.717) is 0 Å². The number of aliphatic hydroxyl groups is 1. The normalized spacial score (nSPS) is 12.8. The fourth-order valence-corrected chi connectivity index (χ4v) is 1.24. The molecule has 0 spiro atoms. The zero-order valence-corrected chi connectivity index (χ0v) is 7.98. The van der Waals surface area contributed by atoms with Crippen molar-refractivity contribution >= 4 is 0 Å². The molecule has 0 saturated carbocycles. The number of unbranched alkanes of at least 4 members (excludes halogenated alkanes) is 2. The van der Waals surface area contributed by atoms with Crippen LogP contribution >= 0.6 is 0 Å². The number of hydrogen-bond acceptors (Lipinski definition) is 3. The molecule has 0 bridgehead atoms. The Hall–Kier alpha value is -0.960. The maximum Gasteiger partial charge on any atom is 0.115 e. The molecule has 1 rings (SSSR count). The molecule has 0 saturated heterocycles. The summed E-state index contributed by atoms with van der Waals surface area (Å²) < 4.78 is 0. The number of aromatic nitrogens is 2. The minimum atomic E-state index is -0.396. The fraction of sp³-hybridized carbons (Fsp3) is 0.600. The van der Waals surface area contributed by atoms with Gasteiger partial charge in [0.25, 0.3) is 0 Å². The SMILES string of the molecule is CCCCCC(O)c1cncnc1. The van der Waals surface area contributed by atoms with E-state index in [4.69, 9.17) is 0 Å². The summed E-state index contributed by atoms with van der Waals surface area (Å²) in [6.07, 6.45) is 8.64. The van der Waals surface area contributed by atoms with E-state index in [1.54, 1.807) is 12.4 Å². The Labute approximate surface area is 78.9 Å². The molecule has 13 heavy (non-hydrogen) atoms. The van der Waals surface area contributed by atoms with Crippen LogP contribution in [0, 0.1) is 0 Å². The summed E-state index contributed by atoms with van der Waals surface area (Å²) in [7, 11) is 0. The molecule has 1 atom stereocenters. The van der Waals surface area contributed by atoms with Gasteiger partial charge in [-0.05, 0) is 6.42 Å². The minimum absolute atomic E-state index is 0.396. The van der Waals surface area contributed by atoms with Crippen molar-refractivity contribution in [1.82, 2.24) is 9.97 Å². The Kier molecular flexibility index (Phi) is 4.40. The maximum absolute atomic E-state index is 9.67. The van der Waals surface area contributed by atoms with Crippen molar-refractivity contribution in [3.8, 4) is 0 Å². The molecule has 1 N–H and O–H groups in total. The lowest BCUT2D eigenvalue weighted by molar-refractivity contribution is 0.163. The molecule has 0 fully saturated rings. The average molecular weight is 180 g/mol. The molecule has 0 amide bonds. The Morgan fingerprint density at radius 2 is 2.00 bits per heavy atom. The van der Waals surface area contributed by atoms with Crippen molar-refractivity contribution in [3.63, 3.8) is 0 Å². The predicted molar refractivity (Wildman–Crippen MR) is 51.1 cm³/mol. The highest BCUT2D eigenvalue weighted by molar-refractivity contribution is 5.05. The summed E-state index contributed by atoms with van der Waals surface area (Å²) in [6.45, 7) is 2.15. The van der Waals surface area contributed by atoms with E-state index in [2.05, 4.69) is 16.9 Å². The molecule has 72 valence electrons. The van der Waals surface area contributed by atoms with Gasteiger partial charge < -0.3 is 5.11 Å². The van der Waals surface area contributed by atoms with Gasteiger partial charge in [0.2, 0.25) is 0 Å². The zero-order chi connectivity index (χ0) is 9.52. The van der Waals surface area contributed by atoms with Crippen LogP contribution in [-0.2, 0) is 0 Å². The van der Waals surface area contributed by atoms with E-state index in [-0.39, 0.29) is 0 Å². The van der Waals surface area contributed by atoms with Crippen molar-refractivity contribution in [1.29, 1.82) is 0 Å². The maximum atomic E-state index is 9.67. The smallest absolute Gasteiger partial charge is 0.115 e. The highest BCUT2D eigenvalue weighted by Crippen LogP contribution is 2.17. The molecule has 0 aliphatic heterocycles. The molecule has 1 heterocycles. The summed E-state index contributed by atoms with van der Waals surface area (Å²) in [4.78, 5) is 7.73. The van der Waals surface area contributed by atoms with Gasteiger partial charge in [0.05, 0.1) is 6.10 Å². The van der Waals surface area contributed by atoms with Crippen LogP contribution in [0.15, 0.2) is 18.7 Å². The van der Waals surface area contributed by atoms with Gasteiger partial charge in [0.1, 0.15) is 6.33 Å². The Bertz CT molecular complexity index is 226. The van der Waals surface area contributed by atoms with E-state index in [1.807, 2.05) is 0 Å². The molecular formula is C10H16N2O. The van der Waals surface area contributed by atoms with Gasteiger partial charge in [0, 0.05) is 18.0 Å². The minimum Gasteiger partial charge on any atom is -0.388 e. The average Bonchev–Trinajstić information content (AvgIpc) is 2.19. The molecule has 0 aliphatic rings. The first-order chi connectivity index (χ1) is 6.34. The van der Waals surface area contributed by atoms with Crippen LogP contribution in [0.4, 0.5) is 0 Å². The highest BCUT2D eigenvalue weighted by atomic mass is 16.3. The Morgan fingerprint density at radius 1 is 1.31 bits per heavy atom. The van der Waals surface area contributed by atoms with Gasteiger partial charge in [-0.1, -0.05) is 26.2 Å². The van der Waals surface area contributed by atoms with Crippen molar-refractivity contribution in [2.24, 2.45) is 0 Å². The molecular weight excluding hydrogens is 164 g/mol. The molecule has 3 heteroatoms. The first-order valence-electron chi connectivity index (χ1n) is 4.77. The number of nitrogens with zero attached hydrogens (tertiary/aromatic N) is 2. The summed E-state index contributed by atoms with van der Waals surface area (Å²) in [6, 6.07) is 0. The number of rotatable bonds is 5. The van der Waals surface area contributed by atoms with E-state index >= 15 is 0 Å². The molecule has 0 aliphatic carbocycles. The third-order valence-electron chi connectivity index (χ3n) is 2.05. The Balaban J connectivity index is 2.35. The second-order valence-electron chi connectivity index (χ2n) is 3.18. The van der Waals surface area contributed by atoms with Crippen LogP contribution in [-0.4, -0.2) is 15.1 Å².